The van der Waals surface area contributed by atoms with Gasteiger partial charge >= 0.3 is 0 Å². The minimum absolute atomic E-state index is 0.311. The van der Waals surface area contributed by atoms with E-state index in [1.807, 2.05) is 7.11 Å². The van der Waals surface area contributed by atoms with Crippen molar-refractivity contribution >= 4 is 5.96 Å². The molecule has 2 aliphatic carbocycles. The van der Waals surface area contributed by atoms with Crippen LogP contribution >= 0.6 is 0 Å². The van der Waals surface area contributed by atoms with Crippen LogP contribution < -0.4 is 5.73 Å². The third-order valence-corrected chi connectivity index (χ3v) is 4.93. The van der Waals surface area contributed by atoms with E-state index in [2.05, 4.69) is 4.90 Å². The highest BCUT2D eigenvalue weighted by molar-refractivity contribution is 5.78. The molecule has 0 aromatic heterocycles. The molecule has 2 unspecified atom stereocenters. The van der Waals surface area contributed by atoms with Gasteiger partial charge in [0.05, 0.1) is 25.4 Å². The van der Waals surface area contributed by atoms with Crippen molar-refractivity contribution < 1.29 is 9.47 Å². The molecule has 1 aliphatic heterocycles. The largest absolute Gasteiger partial charge is 0.381 e. The number of nitrogens with zero attached hydrogens (tertiary/aromatic N) is 2. The van der Waals surface area contributed by atoms with Gasteiger partial charge in [-0.3, -0.25) is 0 Å². The Bertz CT molecular complexity index is 335. The summed E-state index contributed by atoms with van der Waals surface area (Å²) in [6.45, 7) is 3.24. The summed E-state index contributed by atoms with van der Waals surface area (Å²) < 4.78 is 10.9. The lowest BCUT2D eigenvalue weighted by molar-refractivity contribution is -0.150. The molecule has 3 aliphatic rings. The molecule has 18 heavy (non-hydrogen) atoms. The van der Waals surface area contributed by atoms with Crippen LogP contribution in [0.2, 0.25) is 0 Å². The van der Waals surface area contributed by atoms with E-state index in [1.54, 1.807) is 0 Å². The predicted octanol–water partition coefficient (Wildman–Crippen LogP) is 0.591. The second kappa shape index (κ2) is 4.70. The maximum atomic E-state index is 6.13. The number of nitrogens with two attached hydrogens (primary N) is 1. The van der Waals surface area contributed by atoms with Gasteiger partial charge in [0.1, 0.15) is 0 Å². The lowest BCUT2D eigenvalue weighted by Gasteiger charge is -2.59. The van der Waals surface area contributed by atoms with E-state index in [4.69, 9.17) is 20.2 Å². The third kappa shape index (κ3) is 1.80. The first-order valence-electron chi connectivity index (χ1n) is 6.95. The first-order chi connectivity index (χ1) is 8.76. The molecule has 0 aromatic carbocycles. The number of hydrogen-bond donors (Lipinski definition) is 1. The van der Waals surface area contributed by atoms with Gasteiger partial charge in [-0.2, -0.15) is 0 Å². The van der Waals surface area contributed by atoms with Crippen LogP contribution in [-0.4, -0.2) is 56.4 Å². The summed E-state index contributed by atoms with van der Waals surface area (Å²) in [6, 6.07) is 0.374. The molecule has 3 rings (SSSR count). The van der Waals surface area contributed by atoms with Crippen molar-refractivity contribution in [2.75, 3.05) is 33.4 Å². The summed E-state index contributed by atoms with van der Waals surface area (Å²) >= 11 is 0. The second-order valence-corrected chi connectivity index (χ2v) is 5.65. The average molecular weight is 253 g/mol. The van der Waals surface area contributed by atoms with Crippen molar-refractivity contribution in [3.8, 4) is 0 Å². The van der Waals surface area contributed by atoms with E-state index in [-0.39, 0.29) is 0 Å². The van der Waals surface area contributed by atoms with Gasteiger partial charge in [0.25, 0.3) is 0 Å². The zero-order valence-corrected chi connectivity index (χ0v) is 11.1. The Labute approximate surface area is 108 Å². The van der Waals surface area contributed by atoms with Crippen molar-refractivity contribution in [2.24, 2.45) is 16.1 Å². The van der Waals surface area contributed by atoms with Crippen molar-refractivity contribution in [3.63, 3.8) is 0 Å². The molecule has 1 heterocycles. The van der Waals surface area contributed by atoms with Crippen LogP contribution in [0.3, 0.4) is 0 Å². The zero-order chi connectivity index (χ0) is 12.6. The number of rotatable bonds is 2. The zero-order valence-electron chi connectivity index (χ0n) is 11.1. The maximum absolute atomic E-state index is 6.13. The molecular weight excluding hydrogens is 230 g/mol. The maximum Gasteiger partial charge on any atom is 0.191 e. The lowest BCUT2D eigenvalue weighted by Crippen LogP contribution is -2.61. The standard InChI is InChI=1S/C13H23N3O2/c1-17-11-9-10(13(11)3-2-4-13)15-12(14)16-5-7-18-8-6-16/h10-11H,2-9H2,1H3,(H2,14,15). The quantitative estimate of drug-likeness (QED) is 0.578. The number of aliphatic imine (C=N–C) groups is 1. The van der Waals surface area contributed by atoms with Gasteiger partial charge in [0, 0.05) is 25.6 Å². The Balaban J connectivity index is 1.65. The van der Waals surface area contributed by atoms with Crippen LogP contribution in [0.25, 0.3) is 0 Å². The number of ether oxygens (including phenoxy) is 2. The minimum atomic E-state index is 0.311. The molecule has 5 heteroatoms. The molecule has 0 amide bonds. The first kappa shape index (κ1) is 12.2. The number of morpholine rings is 1. The van der Waals surface area contributed by atoms with Crippen molar-refractivity contribution in [3.05, 3.63) is 0 Å². The summed E-state index contributed by atoms with van der Waals surface area (Å²) in [6.07, 6.45) is 5.23. The number of hydrogen-bond acceptors (Lipinski definition) is 3. The molecule has 2 N–H and O–H groups in total. The fourth-order valence-corrected chi connectivity index (χ4v) is 3.51. The molecule has 0 bridgehead atoms. The van der Waals surface area contributed by atoms with Gasteiger partial charge in [-0.05, 0) is 19.3 Å². The van der Waals surface area contributed by atoms with E-state index in [0.717, 1.165) is 32.7 Å². The van der Waals surface area contributed by atoms with Crippen LogP contribution in [0, 0.1) is 5.41 Å². The highest BCUT2D eigenvalue weighted by Gasteiger charge is 2.59. The van der Waals surface area contributed by atoms with E-state index >= 15 is 0 Å². The summed E-state index contributed by atoms with van der Waals surface area (Å²) in [5.74, 6) is 0.698. The molecule has 0 aromatic rings. The fourth-order valence-electron chi connectivity index (χ4n) is 3.51. The van der Waals surface area contributed by atoms with Gasteiger partial charge in [-0.1, -0.05) is 6.42 Å². The Morgan fingerprint density at radius 3 is 2.67 bits per heavy atom. The molecule has 1 saturated heterocycles. The van der Waals surface area contributed by atoms with Gasteiger partial charge in [-0.15, -0.1) is 0 Å². The molecule has 0 radical (unpaired) electrons. The molecule has 2 atom stereocenters. The van der Waals surface area contributed by atoms with Crippen LogP contribution in [0.1, 0.15) is 25.7 Å². The van der Waals surface area contributed by atoms with Gasteiger partial charge in [0.2, 0.25) is 0 Å². The minimum Gasteiger partial charge on any atom is -0.381 e. The summed E-state index contributed by atoms with van der Waals surface area (Å²) in [7, 11) is 1.82. The Hall–Kier alpha value is -0.810. The van der Waals surface area contributed by atoms with Crippen LogP contribution in [-0.2, 0) is 9.47 Å². The second-order valence-electron chi connectivity index (χ2n) is 5.65. The number of methoxy groups -OCH3 is 1. The summed E-state index contributed by atoms with van der Waals surface area (Å²) in [5.41, 5.74) is 6.44. The van der Waals surface area contributed by atoms with Crippen LogP contribution in [0.5, 0.6) is 0 Å². The molecule has 3 fully saturated rings. The smallest absolute Gasteiger partial charge is 0.191 e. The first-order valence-corrected chi connectivity index (χ1v) is 6.95. The van der Waals surface area contributed by atoms with Gasteiger partial charge in [-0.25, -0.2) is 4.99 Å². The van der Waals surface area contributed by atoms with Gasteiger partial charge < -0.3 is 20.1 Å². The van der Waals surface area contributed by atoms with E-state index < -0.39 is 0 Å². The van der Waals surface area contributed by atoms with Crippen molar-refractivity contribution in [2.45, 2.75) is 37.8 Å². The SMILES string of the molecule is COC1CC(N=C(N)N2CCOCC2)C12CCC2. The molecular formula is C13H23N3O2. The molecule has 2 saturated carbocycles. The monoisotopic (exact) mass is 253 g/mol. The van der Waals surface area contributed by atoms with E-state index in [0.29, 0.717) is 23.5 Å². The van der Waals surface area contributed by atoms with Gasteiger partial charge in [0.15, 0.2) is 5.96 Å². The Morgan fingerprint density at radius 2 is 2.11 bits per heavy atom. The van der Waals surface area contributed by atoms with E-state index in [9.17, 15) is 0 Å². The molecule has 1 spiro atoms. The Kier molecular flexibility index (Phi) is 3.20. The fraction of sp³-hybridized carbons (Fsp3) is 0.923. The Morgan fingerprint density at radius 1 is 1.39 bits per heavy atom. The lowest BCUT2D eigenvalue weighted by atomic mass is 9.51. The highest BCUT2D eigenvalue weighted by atomic mass is 16.5. The number of guanidine groups is 1. The van der Waals surface area contributed by atoms with Crippen molar-refractivity contribution in [1.29, 1.82) is 0 Å². The molecule has 5 nitrogen and oxygen atoms in total. The normalized spacial score (nSPS) is 35.2. The highest BCUT2D eigenvalue weighted by Crippen LogP contribution is 2.58. The summed E-state index contributed by atoms with van der Waals surface area (Å²) in [5, 5.41) is 0. The summed E-state index contributed by atoms with van der Waals surface area (Å²) in [4.78, 5) is 6.90. The average Bonchev–Trinajstić information content (AvgIpc) is 2.32. The third-order valence-electron chi connectivity index (χ3n) is 4.93. The topological polar surface area (TPSA) is 60.1 Å². The van der Waals surface area contributed by atoms with Crippen molar-refractivity contribution in [1.82, 2.24) is 4.90 Å². The van der Waals surface area contributed by atoms with E-state index in [1.165, 1.54) is 19.3 Å². The molecule has 102 valence electrons. The predicted molar refractivity (Wildman–Crippen MR) is 69.5 cm³/mol. The van der Waals surface area contributed by atoms with Crippen LogP contribution in [0.15, 0.2) is 4.99 Å². The van der Waals surface area contributed by atoms with Crippen LogP contribution in [0.4, 0.5) is 0 Å².